The van der Waals surface area contributed by atoms with Gasteiger partial charge in [0.15, 0.2) is 5.60 Å². The van der Waals surface area contributed by atoms with Crippen LogP contribution in [0, 0.1) is 5.92 Å². The van der Waals surface area contributed by atoms with E-state index in [2.05, 4.69) is 20.9 Å². The molecule has 1 unspecified atom stereocenters. The van der Waals surface area contributed by atoms with E-state index in [4.69, 9.17) is 0 Å². The van der Waals surface area contributed by atoms with Crippen LogP contribution < -0.4 is 15.5 Å². The molecule has 2 aliphatic heterocycles. The Kier molecular flexibility index (Phi) is 9.39. The Labute approximate surface area is 268 Å². The summed E-state index contributed by atoms with van der Waals surface area (Å²) in [7, 11) is 0. The smallest absolute Gasteiger partial charge is 0.264 e. The molecule has 1 saturated heterocycles. The van der Waals surface area contributed by atoms with E-state index in [9.17, 15) is 19.8 Å². The fourth-order valence-corrected chi connectivity index (χ4v) is 6.36. The van der Waals surface area contributed by atoms with Crippen LogP contribution in [0.15, 0.2) is 97.2 Å². The third-order valence-electron chi connectivity index (χ3n) is 9.02. The molecule has 10 nitrogen and oxygen atoms in total. The van der Waals surface area contributed by atoms with Crippen LogP contribution in [0.3, 0.4) is 0 Å². The third kappa shape index (κ3) is 6.37. The number of amides is 2. The molecule has 0 aliphatic carbocycles. The fourth-order valence-electron chi connectivity index (χ4n) is 6.36. The van der Waals surface area contributed by atoms with Crippen LogP contribution in [-0.2, 0) is 28.3 Å². The van der Waals surface area contributed by atoms with Gasteiger partial charge in [-0.05, 0) is 55.1 Å². The molecule has 3 aromatic carbocycles. The van der Waals surface area contributed by atoms with E-state index in [0.29, 0.717) is 42.1 Å². The number of para-hydroxylation sites is 1. The SMILES string of the molecule is C[C@@H](/C=C/CCn1cc(C(CO)c2ccccc2)nn1)[C@]1(O)C(=O)N(Cc2ccc(NC(=O)[C@H]3CCCN3)cc2)c2ccccc21. The minimum atomic E-state index is -1.71. The Balaban J connectivity index is 1.09. The zero-order chi connectivity index (χ0) is 32.1. The molecule has 0 spiro atoms. The van der Waals surface area contributed by atoms with Crippen molar-refractivity contribution in [3.63, 3.8) is 0 Å². The second-order valence-corrected chi connectivity index (χ2v) is 12.1. The zero-order valence-corrected chi connectivity index (χ0v) is 25.9. The molecule has 0 bridgehead atoms. The summed E-state index contributed by atoms with van der Waals surface area (Å²) in [6, 6.07) is 24.4. The third-order valence-corrected chi connectivity index (χ3v) is 9.02. The molecule has 0 radical (unpaired) electrons. The summed E-state index contributed by atoms with van der Waals surface area (Å²) in [5.74, 6) is -1.14. The molecule has 0 saturated carbocycles. The minimum Gasteiger partial charge on any atom is -0.395 e. The first kappa shape index (κ1) is 31.3. The average molecular weight is 621 g/mol. The summed E-state index contributed by atoms with van der Waals surface area (Å²) in [6.07, 6.45) is 8.14. The molecule has 2 amide bonds. The van der Waals surface area contributed by atoms with Gasteiger partial charge in [0.1, 0.15) is 0 Å². The number of hydrogen-bond donors (Lipinski definition) is 4. The Morgan fingerprint density at radius 1 is 1.11 bits per heavy atom. The maximum atomic E-state index is 13.9. The number of hydrogen-bond acceptors (Lipinski definition) is 7. The second-order valence-electron chi connectivity index (χ2n) is 12.1. The van der Waals surface area contributed by atoms with Gasteiger partial charge in [-0.25, -0.2) is 0 Å². The maximum Gasteiger partial charge on any atom is 0.264 e. The zero-order valence-electron chi connectivity index (χ0n) is 25.9. The molecule has 1 fully saturated rings. The van der Waals surface area contributed by atoms with Crippen LogP contribution in [0.25, 0.3) is 0 Å². The minimum absolute atomic E-state index is 0.0366. The van der Waals surface area contributed by atoms with E-state index in [1.54, 1.807) is 9.58 Å². The molecular formula is C36H40N6O4. The van der Waals surface area contributed by atoms with Crippen LogP contribution in [0.4, 0.5) is 11.4 Å². The molecule has 4 N–H and O–H groups in total. The first-order valence-electron chi connectivity index (χ1n) is 15.9. The molecule has 4 atom stereocenters. The number of benzene rings is 3. The van der Waals surface area contributed by atoms with Gasteiger partial charge >= 0.3 is 0 Å². The standard InChI is InChI=1S/C36H40N6O4/c1-25(10-7-8-21-41-23-32(39-40-41)29(24-43)27-11-3-2-4-12-27)36(46)30-13-5-6-15-33(30)42(35(36)45)22-26-16-18-28(19-17-26)38-34(44)31-14-9-20-37-31/h2-7,10-13,15-19,23,25,29,31,37,43,46H,8-9,14,20-22,24H2,1H3,(H,38,44)/b10-7+/t25-,29?,31+,36+/m0/s1. The number of aryl methyl sites for hydroxylation is 1. The van der Waals surface area contributed by atoms with Crippen LogP contribution >= 0.6 is 0 Å². The summed E-state index contributed by atoms with van der Waals surface area (Å²) in [6.45, 7) is 3.50. The van der Waals surface area contributed by atoms with E-state index in [0.717, 1.165) is 30.5 Å². The molecular weight excluding hydrogens is 580 g/mol. The van der Waals surface area contributed by atoms with Crippen molar-refractivity contribution < 1.29 is 19.8 Å². The summed E-state index contributed by atoms with van der Waals surface area (Å²) in [5, 5.41) is 36.6. The summed E-state index contributed by atoms with van der Waals surface area (Å²) in [4.78, 5) is 28.0. The lowest BCUT2D eigenvalue weighted by molar-refractivity contribution is -0.139. The first-order valence-corrected chi connectivity index (χ1v) is 15.9. The van der Waals surface area contributed by atoms with Gasteiger partial charge in [0.25, 0.3) is 5.91 Å². The number of aromatic nitrogens is 3. The Bertz CT molecular complexity index is 1680. The summed E-state index contributed by atoms with van der Waals surface area (Å²) >= 11 is 0. The van der Waals surface area contributed by atoms with Gasteiger partial charge in [-0.15, -0.1) is 5.10 Å². The van der Waals surface area contributed by atoms with Gasteiger partial charge in [-0.2, -0.15) is 0 Å². The predicted octanol–water partition coefficient (Wildman–Crippen LogP) is 4.11. The van der Waals surface area contributed by atoms with Crippen molar-refractivity contribution in [2.24, 2.45) is 5.92 Å². The molecule has 238 valence electrons. The summed E-state index contributed by atoms with van der Waals surface area (Å²) in [5.41, 5.74) is 2.84. The Morgan fingerprint density at radius 2 is 1.87 bits per heavy atom. The van der Waals surface area contributed by atoms with Crippen LogP contribution in [0.2, 0.25) is 0 Å². The van der Waals surface area contributed by atoms with E-state index in [-0.39, 0.29) is 30.4 Å². The number of aliphatic hydroxyl groups excluding tert-OH is 1. The van der Waals surface area contributed by atoms with Crippen molar-refractivity contribution in [3.05, 3.63) is 120 Å². The fraction of sp³-hybridized carbons (Fsp3) is 0.333. The van der Waals surface area contributed by atoms with Crippen molar-refractivity contribution >= 4 is 23.2 Å². The van der Waals surface area contributed by atoms with Crippen molar-refractivity contribution in [1.82, 2.24) is 20.3 Å². The lowest BCUT2D eigenvalue weighted by atomic mass is 9.83. The van der Waals surface area contributed by atoms with Gasteiger partial charge in [0.2, 0.25) is 5.91 Å². The highest BCUT2D eigenvalue weighted by atomic mass is 16.3. The molecule has 6 rings (SSSR count). The number of carbonyl (C=O) groups is 2. The molecule has 3 heterocycles. The quantitative estimate of drug-likeness (QED) is 0.175. The van der Waals surface area contributed by atoms with E-state index in [1.807, 2.05) is 104 Å². The van der Waals surface area contributed by atoms with E-state index < -0.39 is 11.5 Å². The molecule has 10 heteroatoms. The number of fused-ring (bicyclic) bond motifs is 1. The number of nitrogens with one attached hydrogen (secondary N) is 2. The highest BCUT2D eigenvalue weighted by molar-refractivity contribution is 6.07. The molecule has 2 aliphatic rings. The molecule has 46 heavy (non-hydrogen) atoms. The van der Waals surface area contributed by atoms with Gasteiger partial charge in [0, 0.05) is 29.9 Å². The largest absolute Gasteiger partial charge is 0.395 e. The van der Waals surface area contributed by atoms with Crippen molar-refractivity contribution in [2.45, 2.75) is 56.8 Å². The lowest BCUT2D eigenvalue weighted by Crippen LogP contribution is -2.44. The number of carbonyl (C=O) groups excluding carboxylic acids is 2. The second kappa shape index (κ2) is 13.8. The molecule has 1 aromatic heterocycles. The van der Waals surface area contributed by atoms with Gasteiger partial charge in [0.05, 0.1) is 36.5 Å². The Hall–Kier alpha value is -4.64. The number of anilines is 2. The first-order chi connectivity index (χ1) is 22.4. The van der Waals surface area contributed by atoms with Crippen molar-refractivity contribution in [3.8, 4) is 0 Å². The van der Waals surface area contributed by atoms with Crippen molar-refractivity contribution in [2.75, 3.05) is 23.4 Å². The van der Waals surface area contributed by atoms with Crippen molar-refractivity contribution in [1.29, 1.82) is 0 Å². The topological polar surface area (TPSA) is 133 Å². The number of nitrogens with zero attached hydrogens (tertiary/aromatic N) is 4. The number of rotatable bonds is 12. The highest BCUT2D eigenvalue weighted by Crippen LogP contribution is 2.45. The van der Waals surface area contributed by atoms with E-state index in [1.165, 1.54) is 0 Å². The Morgan fingerprint density at radius 3 is 2.61 bits per heavy atom. The highest BCUT2D eigenvalue weighted by Gasteiger charge is 2.52. The predicted molar refractivity (Wildman–Crippen MR) is 176 cm³/mol. The monoisotopic (exact) mass is 620 g/mol. The maximum absolute atomic E-state index is 13.9. The summed E-state index contributed by atoms with van der Waals surface area (Å²) < 4.78 is 1.74. The van der Waals surface area contributed by atoms with Gasteiger partial charge in [-0.3, -0.25) is 14.3 Å². The van der Waals surface area contributed by atoms with Crippen LogP contribution in [0.5, 0.6) is 0 Å². The van der Waals surface area contributed by atoms with Gasteiger partial charge in [-0.1, -0.05) is 85.0 Å². The van der Waals surface area contributed by atoms with Crippen LogP contribution in [0.1, 0.15) is 54.5 Å². The average Bonchev–Trinajstić information content (AvgIpc) is 3.83. The normalized spacial score (nSPS) is 20.6. The molecule has 4 aromatic rings. The van der Waals surface area contributed by atoms with Crippen LogP contribution in [-0.4, -0.2) is 56.2 Å². The number of allylic oxidation sites excluding steroid dienone is 1. The lowest BCUT2D eigenvalue weighted by Gasteiger charge is -2.27. The van der Waals surface area contributed by atoms with E-state index >= 15 is 0 Å². The number of aliphatic hydroxyl groups is 2. The van der Waals surface area contributed by atoms with Gasteiger partial charge < -0.3 is 25.7 Å².